The third-order valence-electron chi connectivity index (χ3n) is 4.13. The van der Waals surface area contributed by atoms with E-state index in [1.165, 1.54) is 0 Å². The number of ether oxygens (including phenoxy) is 2. The van der Waals surface area contributed by atoms with Gasteiger partial charge < -0.3 is 14.6 Å². The molecule has 0 bridgehead atoms. The van der Waals surface area contributed by atoms with Crippen LogP contribution in [0.15, 0.2) is 42.9 Å². The van der Waals surface area contributed by atoms with Crippen LogP contribution in [0.25, 0.3) is 11.3 Å². The summed E-state index contributed by atoms with van der Waals surface area (Å²) in [5, 5.41) is 9.08. The first-order chi connectivity index (χ1) is 12.7. The molecule has 0 saturated heterocycles. The maximum absolute atomic E-state index is 9.08. The Kier molecular flexibility index (Phi) is 5.38. The lowest BCUT2D eigenvalue weighted by molar-refractivity contribution is 0.271. The first-order valence-electron chi connectivity index (χ1n) is 8.13. The molecule has 26 heavy (non-hydrogen) atoms. The summed E-state index contributed by atoms with van der Waals surface area (Å²) in [6, 6.07) is 7.49. The van der Waals surface area contributed by atoms with E-state index >= 15 is 0 Å². The summed E-state index contributed by atoms with van der Waals surface area (Å²) >= 11 is 0. The van der Waals surface area contributed by atoms with Gasteiger partial charge in [-0.2, -0.15) is 0 Å². The molecule has 0 radical (unpaired) electrons. The van der Waals surface area contributed by atoms with Crippen LogP contribution < -0.4 is 9.47 Å². The van der Waals surface area contributed by atoms with Gasteiger partial charge in [0.15, 0.2) is 5.82 Å². The average Bonchev–Trinajstić information content (AvgIpc) is 2.72. The van der Waals surface area contributed by atoms with E-state index in [-0.39, 0.29) is 12.5 Å². The fraction of sp³-hybridized carbons (Fsp3) is 0.263. The number of aliphatic hydroxyl groups is 1. The fourth-order valence-corrected chi connectivity index (χ4v) is 2.58. The maximum Gasteiger partial charge on any atom is 0.213 e. The average molecular weight is 352 g/mol. The number of hydrogen-bond donors (Lipinski definition) is 1. The van der Waals surface area contributed by atoms with E-state index in [9.17, 15) is 0 Å². The van der Waals surface area contributed by atoms with Crippen LogP contribution in [0, 0.1) is 0 Å². The van der Waals surface area contributed by atoms with Crippen molar-refractivity contribution >= 4 is 0 Å². The van der Waals surface area contributed by atoms with E-state index in [2.05, 4.69) is 15.0 Å². The van der Waals surface area contributed by atoms with Crippen LogP contribution in [-0.4, -0.2) is 39.3 Å². The highest BCUT2D eigenvalue weighted by molar-refractivity contribution is 5.67. The largest absolute Gasteiger partial charge is 0.494 e. The molecule has 3 aromatic heterocycles. The highest BCUT2D eigenvalue weighted by atomic mass is 16.5. The van der Waals surface area contributed by atoms with Gasteiger partial charge in [0.25, 0.3) is 0 Å². The highest BCUT2D eigenvalue weighted by Crippen LogP contribution is 2.32. The first kappa shape index (κ1) is 17.8. The van der Waals surface area contributed by atoms with Crippen molar-refractivity contribution < 1.29 is 14.6 Å². The Morgan fingerprint density at radius 3 is 2.46 bits per heavy atom. The summed E-state index contributed by atoms with van der Waals surface area (Å²) in [6.07, 6.45) is 5.10. The number of aromatic nitrogens is 4. The maximum atomic E-state index is 9.08. The van der Waals surface area contributed by atoms with Crippen molar-refractivity contribution in [3.63, 3.8) is 0 Å². The minimum Gasteiger partial charge on any atom is -0.494 e. The quantitative estimate of drug-likeness (QED) is 0.729. The molecule has 1 unspecified atom stereocenters. The molecular weight excluding hydrogens is 332 g/mol. The van der Waals surface area contributed by atoms with Crippen molar-refractivity contribution in [2.45, 2.75) is 19.4 Å². The van der Waals surface area contributed by atoms with Crippen molar-refractivity contribution in [3.8, 4) is 22.9 Å². The lowest BCUT2D eigenvalue weighted by Crippen LogP contribution is -2.04. The Labute approximate surface area is 151 Å². The lowest BCUT2D eigenvalue weighted by Gasteiger charge is -2.15. The van der Waals surface area contributed by atoms with E-state index in [4.69, 9.17) is 19.6 Å². The lowest BCUT2D eigenvalue weighted by atomic mass is 9.99. The molecule has 0 aliphatic rings. The number of methoxy groups -OCH3 is 2. The van der Waals surface area contributed by atoms with Crippen LogP contribution >= 0.6 is 0 Å². The van der Waals surface area contributed by atoms with Gasteiger partial charge in [-0.25, -0.2) is 19.9 Å². The number of pyridine rings is 2. The number of hydrogen-bond acceptors (Lipinski definition) is 7. The van der Waals surface area contributed by atoms with Crippen LogP contribution in [0.4, 0.5) is 0 Å². The highest BCUT2D eigenvalue weighted by Gasteiger charge is 2.16. The third kappa shape index (κ3) is 3.62. The Hall–Kier alpha value is -3.06. The van der Waals surface area contributed by atoms with Gasteiger partial charge in [0.1, 0.15) is 18.1 Å². The smallest absolute Gasteiger partial charge is 0.213 e. The zero-order chi connectivity index (χ0) is 18.5. The van der Waals surface area contributed by atoms with Crippen molar-refractivity contribution in [2.24, 2.45) is 0 Å². The van der Waals surface area contributed by atoms with Crippen molar-refractivity contribution in [3.05, 3.63) is 59.9 Å². The Bertz CT molecular complexity index is 884. The van der Waals surface area contributed by atoms with E-state index in [0.717, 1.165) is 16.8 Å². The molecule has 0 amide bonds. The minimum absolute atomic E-state index is 0.0175. The minimum atomic E-state index is -0.177. The van der Waals surface area contributed by atoms with Crippen LogP contribution in [-0.2, 0) is 6.61 Å². The first-order valence-corrected chi connectivity index (χ1v) is 8.13. The summed E-state index contributed by atoms with van der Waals surface area (Å²) < 4.78 is 10.7. The van der Waals surface area contributed by atoms with Gasteiger partial charge in [-0.05, 0) is 23.8 Å². The summed E-state index contributed by atoms with van der Waals surface area (Å²) in [5.74, 6) is 1.56. The number of aliphatic hydroxyl groups excluding tert-OH is 1. The third-order valence-corrected chi connectivity index (χ3v) is 4.13. The number of nitrogens with zero attached hydrogens (tertiary/aromatic N) is 4. The van der Waals surface area contributed by atoms with Crippen LogP contribution in [0.1, 0.15) is 29.9 Å². The molecule has 0 fully saturated rings. The molecule has 0 aromatic carbocycles. The van der Waals surface area contributed by atoms with Gasteiger partial charge in [0, 0.05) is 41.8 Å². The normalized spacial score (nSPS) is 11.8. The Morgan fingerprint density at radius 2 is 1.81 bits per heavy atom. The molecule has 3 aromatic rings. The standard InChI is InChI=1S/C19H20N4O3/c1-12(14-9-21-17(11-24)22-10-14)15-4-5-16(25-2)19(23-15)13-6-7-20-18(8-13)26-3/h4-10,12,24H,11H2,1-3H3. The van der Waals surface area contributed by atoms with E-state index in [0.29, 0.717) is 23.1 Å². The van der Waals surface area contributed by atoms with Crippen LogP contribution in [0.5, 0.6) is 11.6 Å². The SMILES string of the molecule is COc1cc(-c2nc(C(C)c3cnc(CO)nc3)ccc2OC)ccn1. The molecule has 0 spiro atoms. The molecule has 3 rings (SSSR count). The molecule has 0 aliphatic carbocycles. The second-order valence-corrected chi connectivity index (χ2v) is 5.69. The molecule has 134 valence electrons. The van der Waals surface area contributed by atoms with E-state index < -0.39 is 0 Å². The van der Waals surface area contributed by atoms with Crippen molar-refractivity contribution in [2.75, 3.05) is 14.2 Å². The van der Waals surface area contributed by atoms with Gasteiger partial charge in [0.2, 0.25) is 5.88 Å². The second kappa shape index (κ2) is 7.88. The van der Waals surface area contributed by atoms with Gasteiger partial charge in [-0.15, -0.1) is 0 Å². The molecule has 7 heteroatoms. The van der Waals surface area contributed by atoms with E-state index in [1.807, 2.05) is 31.2 Å². The van der Waals surface area contributed by atoms with Gasteiger partial charge >= 0.3 is 0 Å². The predicted octanol–water partition coefficient (Wildman–Crippen LogP) is 2.59. The van der Waals surface area contributed by atoms with Crippen LogP contribution in [0.3, 0.4) is 0 Å². The van der Waals surface area contributed by atoms with Gasteiger partial charge in [-0.3, -0.25) is 0 Å². The molecule has 1 atom stereocenters. The van der Waals surface area contributed by atoms with Gasteiger partial charge in [-0.1, -0.05) is 6.92 Å². The fourth-order valence-electron chi connectivity index (χ4n) is 2.58. The topological polar surface area (TPSA) is 90.3 Å². The monoisotopic (exact) mass is 352 g/mol. The summed E-state index contributed by atoms with van der Waals surface area (Å²) in [5.41, 5.74) is 3.34. The van der Waals surface area contributed by atoms with Gasteiger partial charge in [0.05, 0.1) is 14.2 Å². The predicted molar refractivity (Wildman–Crippen MR) is 96.0 cm³/mol. The summed E-state index contributed by atoms with van der Waals surface area (Å²) in [7, 11) is 3.19. The zero-order valence-electron chi connectivity index (χ0n) is 14.9. The molecule has 1 N–H and O–H groups in total. The summed E-state index contributed by atoms with van der Waals surface area (Å²) in [4.78, 5) is 17.2. The zero-order valence-corrected chi connectivity index (χ0v) is 14.9. The Balaban J connectivity index is 2.00. The van der Waals surface area contributed by atoms with Crippen molar-refractivity contribution in [1.29, 1.82) is 0 Å². The molecular formula is C19H20N4O3. The van der Waals surface area contributed by atoms with Crippen LogP contribution in [0.2, 0.25) is 0 Å². The number of rotatable bonds is 6. The summed E-state index contributed by atoms with van der Waals surface area (Å²) in [6.45, 7) is 1.85. The van der Waals surface area contributed by atoms with E-state index in [1.54, 1.807) is 32.8 Å². The molecule has 7 nitrogen and oxygen atoms in total. The second-order valence-electron chi connectivity index (χ2n) is 5.69. The molecule has 0 saturated carbocycles. The molecule has 3 heterocycles. The van der Waals surface area contributed by atoms with Crippen molar-refractivity contribution in [1.82, 2.24) is 19.9 Å². The Morgan fingerprint density at radius 1 is 1.04 bits per heavy atom. The molecule has 0 aliphatic heterocycles.